The molecule has 0 amide bonds. The van der Waals surface area contributed by atoms with E-state index in [0.717, 1.165) is 29.8 Å². The van der Waals surface area contributed by atoms with E-state index in [0.29, 0.717) is 0 Å². The van der Waals surface area contributed by atoms with Crippen LogP contribution in [0.1, 0.15) is 6.42 Å². The molecule has 52 valence electrons. The van der Waals surface area contributed by atoms with E-state index in [1.807, 2.05) is 4.58 Å². The molecule has 0 unspecified atom stereocenters. The fourth-order valence-electron chi connectivity index (χ4n) is 0.951. The molecular weight excluding hydrogens is 122 g/mol. The molecule has 0 aromatic rings. The highest BCUT2D eigenvalue weighted by molar-refractivity contribution is 5.41. The average Bonchev–Trinajstić information content (AvgIpc) is 1.93. The summed E-state index contributed by atoms with van der Waals surface area (Å²) in [5.41, 5.74) is 2.93. The van der Waals surface area contributed by atoms with Crippen molar-refractivity contribution in [2.75, 3.05) is 6.54 Å². The molecule has 1 heteroatoms. The van der Waals surface area contributed by atoms with Crippen molar-refractivity contribution in [2.24, 2.45) is 0 Å². The third-order valence-corrected chi connectivity index (χ3v) is 1.84. The second kappa shape index (κ2) is 2.25. The fourth-order valence-corrected chi connectivity index (χ4v) is 0.951. The third-order valence-electron chi connectivity index (χ3n) is 1.84. The van der Waals surface area contributed by atoms with Crippen LogP contribution in [0.3, 0.4) is 0 Å². The van der Waals surface area contributed by atoms with E-state index in [1.165, 1.54) is 0 Å². The van der Waals surface area contributed by atoms with Gasteiger partial charge in [-0.05, 0) is 12.2 Å². The second-order valence-corrected chi connectivity index (χ2v) is 2.54. The van der Waals surface area contributed by atoms with Crippen LogP contribution in [0, 0.1) is 0 Å². The van der Waals surface area contributed by atoms with Crippen LogP contribution in [-0.4, -0.2) is 17.8 Å². The SMILES string of the molecule is C=C1CC[N+](=C)C(=C)C1=C. The molecule has 10 heavy (non-hydrogen) atoms. The molecule has 0 radical (unpaired) electrons. The molecule has 1 fully saturated rings. The summed E-state index contributed by atoms with van der Waals surface area (Å²) in [7, 11) is 0. The van der Waals surface area contributed by atoms with E-state index in [1.54, 1.807) is 0 Å². The molecule has 1 aliphatic heterocycles. The topological polar surface area (TPSA) is 3.01 Å². The molecule has 0 aromatic heterocycles. The van der Waals surface area contributed by atoms with E-state index >= 15 is 0 Å². The van der Waals surface area contributed by atoms with Crippen LogP contribution >= 0.6 is 0 Å². The van der Waals surface area contributed by atoms with Crippen molar-refractivity contribution in [3.05, 3.63) is 36.6 Å². The minimum atomic E-state index is 0.899. The van der Waals surface area contributed by atoms with Gasteiger partial charge in [0.2, 0.25) is 5.70 Å². The molecule has 1 heterocycles. The fraction of sp³-hybridized carbons (Fsp3) is 0.222. The highest BCUT2D eigenvalue weighted by Crippen LogP contribution is 2.22. The lowest BCUT2D eigenvalue weighted by atomic mass is 10.00. The van der Waals surface area contributed by atoms with E-state index in [-0.39, 0.29) is 0 Å². The van der Waals surface area contributed by atoms with Crippen LogP contribution in [0.15, 0.2) is 36.6 Å². The van der Waals surface area contributed by atoms with Gasteiger partial charge in [0.1, 0.15) is 6.72 Å². The van der Waals surface area contributed by atoms with Crippen molar-refractivity contribution in [1.82, 2.24) is 0 Å². The van der Waals surface area contributed by atoms with E-state index in [4.69, 9.17) is 0 Å². The summed E-state index contributed by atoms with van der Waals surface area (Å²) < 4.78 is 1.86. The smallest absolute Gasteiger partial charge is 0.204 e. The van der Waals surface area contributed by atoms with Crippen molar-refractivity contribution in [3.8, 4) is 0 Å². The summed E-state index contributed by atoms with van der Waals surface area (Å²) in [4.78, 5) is 0. The minimum absolute atomic E-state index is 0.899. The molecule has 0 bridgehead atoms. The Hall–Kier alpha value is -1.11. The van der Waals surface area contributed by atoms with Crippen molar-refractivity contribution >= 4 is 6.72 Å². The Labute approximate surface area is 61.7 Å². The van der Waals surface area contributed by atoms with Crippen LogP contribution in [0.25, 0.3) is 0 Å². The molecule has 1 nitrogen and oxygen atoms in total. The van der Waals surface area contributed by atoms with Crippen LogP contribution < -0.4 is 0 Å². The molecule has 1 aliphatic rings. The summed E-state index contributed by atoms with van der Waals surface area (Å²) in [5.74, 6) is 0. The third kappa shape index (κ3) is 0.947. The predicted molar refractivity (Wildman–Crippen MR) is 44.3 cm³/mol. The van der Waals surface area contributed by atoms with Gasteiger partial charge in [-0.1, -0.05) is 13.2 Å². The molecule has 0 aliphatic carbocycles. The van der Waals surface area contributed by atoms with Crippen molar-refractivity contribution < 1.29 is 4.58 Å². The number of hydrogen-bond acceptors (Lipinski definition) is 0. The quantitative estimate of drug-likeness (QED) is 0.444. The highest BCUT2D eigenvalue weighted by atomic mass is 15.0. The summed E-state index contributed by atoms with van der Waals surface area (Å²) in [5, 5.41) is 0. The summed E-state index contributed by atoms with van der Waals surface area (Å²) in [6.45, 7) is 16.2. The number of allylic oxidation sites excluding steroid dienone is 1. The van der Waals surface area contributed by atoms with Crippen molar-refractivity contribution in [2.45, 2.75) is 6.42 Å². The van der Waals surface area contributed by atoms with Crippen molar-refractivity contribution in [1.29, 1.82) is 0 Å². The molecule has 0 aromatic carbocycles. The lowest BCUT2D eigenvalue weighted by Gasteiger charge is -2.14. The lowest BCUT2D eigenvalue weighted by Crippen LogP contribution is -2.18. The van der Waals surface area contributed by atoms with Gasteiger partial charge in [0.25, 0.3) is 0 Å². The Bertz CT molecular complexity index is 207. The Kier molecular flexibility index (Phi) is 1.58. The molecule has 1 saturated heterocycles. The zero-order valence-corrected chi connectivity index (χ0v) is 6.19. The molecule has 0 N–H and O–H groups in total. The average molecular weight is 134 g/mol. The Morgan fingerprint density at radius 1 is 1.20 bits per heavy atom. The molecule has 1 rings (SSSR count). The van der Waals surface area contributed by atoms with Gasteiger partial charge < -0.3 is 0 Å². The molecule has 0 atom stereocenters. The maximum Gasteiger partial charge on any atom is 0.204 e. The zero-order valence-electron chi connectivity index (χ0n) is 6.19. The van der Waals surface area contributed by atoms with Gasteiger partial charge in [0.15, 0.2) is 6.54 Å². The van der Waals surface area contributed by atoms with Gasteiger partial charge in [0, 0.05) is 12.0 Å². The van der Waals surface area contributed by atoms with Crippen LogP contribution in [0.2, 0.25) is 0 Å². The van der Waals surface area contributed by atoms with Gasteiger partial charge in [-0.15, -0.1) is 0 Å². The van der Waals surface area contributed by atoms with E-state index in [9.17, 15) is 0 Å². The van der Waals surface area contributed by atoms with Gasteiger partial charge >= 0.3 is 0 Å². The predicted octanol–water partition coefficient (Wildman–Crippen LogP) is 1.73. The summed E-state index contributed by atoms with van der Waals surface area (Å²) in [6.07, 6.45) is 0.960. The van der Waals surface area contributed by atoms with Crippen LogP contribution in [0.5, 0.6) is 0 Å². The first kappa shape index (κ1) is 7.00. The monoisotopic (exact) mass is 134 g/mol. The second-order valence-electron chi connectivity index (χ2n) is 2.54. The number of nitrogens with zero attached hydrogens (tertiary/aromatic N) is 1. The Morgan fingerprint density at radius 3 is 2.30 bits per heavy atom. The number of rotatable bonds is 0. The molecule has 0 spiro atoms. The van der Waals surface area contributed by atoms with Gasteiger partial charge in [-0.25, -0.2) is 4.58 Å². The van der Waals surface area contributed by atoms with Gasteiger partial charge in [0.05, 0.1) is 0 Å². The van der Waals surface area contributed by atoms with Crippen molar-refractivity contribution in [3.63, 3.8) is 0 Å². The van der Waals surface area contributed by atoms with Crippen LogP contribution in [0.4, 0.5) is 0 Å². The molecule has 0 saturated carbocycles. The largest absolute Gasteiger partial charge is 0.205 e. The van der Waals surface area contributed by atoms with E-state index in [2.05, 4.69) is 26.5 Å². The first-order valence-corrected chi connectivity index (χ1v) is 3.27. The highest BCUT2D eigenvalue weighted by Gasteiger charge is 2.20. The number of hydrogen-bond donors (Lipinski definition) is 0. The molecular formula is C9H12N+. The first-order chi connectivity index (χ1) is 4.63. The zero-order chi connectivity index (χ0) is 7.72. The maximum atomic E-state index is 3.87. The normalized spacial score (nSPS) is 20.0. The first-order valence-electron chi connectivity index (χ1n) is 3.27. The number of piperidine rings is 1. The van der Waals surface area contributed by atoms with E-state index < -0.39 is 0 Å². The van der Waals surface area contributed by atoms with Crippen LogP contribution in [-0.2, 0) is 0 Å². The Morgan fingerprint density at radius 2 is 1.80 bits per heavy atom. The summed E-state index contributed by atoms with van der Waals surface area (Å²) in [6, 6.07) is 0. The lowest BCUT2D eigenvalue weighted by molar-refractivity contribution is -0.467. The minimum Gasteiger partial charge on any atom is -0.205 e. The maximum absolute atomic E-state index is 3.87. The summed E-state index contributed by atoms with van der Waals surface area (Å²) >= 11 is 0. The Balaban J connectivity index is 2.90. The standard InChI is InChI=1S/C9H12N/c1-7-5-6-10(4)9(3)8(7)2/h1-6H2/q+1. The van der Waals surface area contributed by atoms with Gasteiger partial charge in [-0.3, -0.25) is 0 Å². The van der Waals surface area contributed by atoms with Gasteiger partial charge in [-0.2, -0.15) is 0 Å².